The van der Waals surface area contributed by atoms with Crippen LogP contribution in [0, 0.1) is 13.8 Å². The second-order valence-corrected chi connectivity index (χ2v) is 3.84. The van der Waals surface area contributed by atoms with E-state index in [9.17, 15) is 10.0 Å². The van der Waals surface area contributed by atoms with Gasteiger partial charge in [0, 0.05) is 6.61 Å². The van der Waals surface area contributed by atoms with Crippen LogP contribution in [0.3, 0.4) is 0 Å². The number of aryl methyl sites for hydroxylation is 2. The number of hydrogen-bond donors (Lipinski definition) is 0. The normalized spacial score (nSPS) is 10.3. The average molecular weight is 252 g/mol. The van der Waals surface area contributed by atoms with E-state index in [0.29, 0.717) is 19.8 Å². The summed E-state index contributed by atoms with van der Waals surface area (Å²) < 4.78 is 15.4. The van der Waals surface area contributed by atoms with Crippen molar-refractivity contribution in [3.63, 3.8) is 0 Å². The van der Waals surface area contributed by atoms with Crippen LogP contribution in [0.5, 0.6) is 11.5 Å². The van der Waals surface area contributed by atoms with Gasteiger partial charge in [0.25, 0.3) is 0 Å². The Hall–Kier alpha value is -1.24. The van der Waals surface area contributed by atoms with Gasteiger partial charge in [0.2, 0.25) is 0 Å². The Balaban J connectivity index is 2.68. The molecule has 1 aromatic carbocycles. The van der Waals surface area contributed by atoms with Crippen molar-refractivity contribution in [3.8, 4) is 11.5 Å². The van der Waals surface area contributed by atoms with Crippen molar-refractivity contribution < 1.29 is 24.2 Å². The van der Waals surface area contributed by atoms with Crippen LogP contribution >= 0.6 is 0 Å². The molecule has 0 amide bonds. The summed E-state index contributed by atoms with van der Waals surface area (Å²) in [5.41, 5.74) is 1.64. The van der Waals surface area contributed by atoms with E-state index >= 15 is 0 Å². The second-order valence-electron chi connectivity index (χ2n) is 3.84. The van der Waals surface area contributed by atoms with Crippen molar-refractivity contribution in [2.24, 2.45) is 0 Å². The number of rotatable bonds is 7. The van der Waals surface area contributed by atoms with Gasteiger partial charge in [-0.2, -0.15) is 0 Å². The minimum atomic E-state index is -2.31. The van der Waals surface area contributed by atoms with E-state index < -0.39 is 7.32 Å². The molecule has 0 aliphatic heterocycles. The van der Waals surface area contributed by atoms with E-state index in [0.717, 1.165) is 16.9 Å². The molecule has 0 bridgehead atoms. The van der Waals surface area contributed by atoms with Gasteiger partial charge in [0.1, 0.15) is 19.7 Å². The molecule has 0 fully saturated rings. The first-order chi connectivity index (χ1) is 8.54. The molecule has 100 valence electrons. The van der Waals surface area contributed by atoms with Gasteiger partial charge < -0.3 is 24.2 Å². The molecule has 0 heterocycles. The van der Waals surface area contributed by atoms with Crippen LogP contribution in [0.2, 0.25) is 0 Å². The van der Waals surface area contributed by atoms with Crippen molar-refractivity contribution in [3.05, 3.63) is 23.3 Å². The number of benzene rings is 1. The topological polar surface area (TPSA) is 73.8 Å². The molecule has 0 spiro atoms. The SMILES string of the molecule is CCOCCOc1c(C)cc(OB([O-])[O-])cc1C. The lowest BCUT2D eigenvalue weighted by molar-refractivity contribution is -0.372. The number of ether oxygens (including phenoxy) is 2. The van der Waals surface area contributed by atoms with Crippen molar-refractivity contribution in [1.82, 2.24) is 0 Å². The van der Waals surface area contributed by atoms with Gasteiger partial charge in [-0.05, 0) is 44.0 Å². The summed E-state index contributed by atoms with van der Waals surface area (Å²) in [5.74, 6) is 1.01. The van der Waals surface area contributed by atoms with Gasteiger partial charge in [-0.25, -0.2) is 0 Å². The zero-order chi connectivity index (χ0) is 13.5. The van der Waals surface area contributed by atoms with E-state index in [-0.39, 0.29) is 5.75 Å². The first-order valence-corrected chi connectivity index (χ1v) is 5.84. The molecular weight excluding hydrogens is 235 g/mol. The molecule has 1 aromatic rings. The molecule has 0 aromatic heterocycles. The lowest BCUT2D eigenvalue weighted by atomic mass is 10.1. The van der Waals surface area contributed by atoms with Crippen LogP contribution < -0.4 is 19.4 Å². The van der Waals surface area contributed by atoms with Crippen LogP contribution in [-0.4, -0.2) is 27.1 Å². The van der Waals surface area contributed by atoms with Crippen LogP contribution in [0.15, 0.2) is 12.1 Å². The third kappa shape index (κ3) is 4.56. The van der Waals surface area contributed by atoms with Gasteiger partial charge in [-0.3, -0.25) is 0 Å². The zero-order valence-electron chi connectivity index (χ0n) is 10.9. The molecule has 0 unspecified atom stereocenters. The van der Waals surface area contributed by atoms with Crippen LogP contribution in [0.4, 0.5) is 0 Å². The fourth-order valence-electron chi connectivity index (χ4n) is 1.66. The van der Waals surface area contributed by atoms with Crippen molar-refractivity contribution in [1.29, 1.82) is 0 Å². The van der Waals surface area contributed by atoms with Crippen molar-refractivity contribution in [2.75, 3.05) is 19.8 Å². The van der Waals surface area contributed by atoms with Gasteiger partial charge in [-0.15, -0.1) is 0 Å². The molecule has 0 aliphatic rings. The maximum Gasteiger partial charge on any atom is 0.133 e. The molecule has 0 saturated heterocycles. The Bertz CT molecular complexity index is 358. The molecule has 6 heteroatoms. The van der Waals surface area contributed by atoms with Gasteiger partial charge in [0.05, 0.1) is 12.4 Å². The quantitative estimate of drug-likeness (QED) is 0.496. The maximum atomic E-state index is 10.4. The summed E-state index contributed by atoms with van der Waals surface area (Å²) in [4.78, 5) is 0. The molecule has 0 saturated carbocycles. The molecule has 0 atom stereocenters. The molecule has 18 heavy (non-hydrogen) atoms. The summed E-state index contributed by atoms with van der Waals surface area (Å²) in [6, 6.07) is 3.23. The first kappa shape index (κ1) is 14.8. The largest absolute Gasteiger partial charge is 0.860 e. The highest BCUT2D eigenvalue weighted by molar-refractivity contribution is 6.29. The third-order valence-corrected chi connectivity index (χ3v) is 2.34. The smallest absolute Gasteiger partial charge is 0.133 e. The van der Waals surface area contributed by atoms with Gasteiger partial charge in [-0.1, -0.05) is 0 Å². The molecule has 0 radical (unpaired) electrons. The Morgan fingerprint density at radius 3 is 2.22 bits per heavy atom. The first-order valence-electron chi connectivity index (χ1n) is 5.84. The molecule has 0 aliphatic carbocycles. The molecule has 1 rings (SSSR count). The van der Waals surface area contributed by atoms with E-state index in [1.54, 1.807) is 12.1 Å². The van der Waals surface area contributed by atoms with Gasteiger partial charge >= 0.3 is 0 Å². The molecule has 5 nitrogen and oxygen atoms in total. The summed E-state index contributed by atoms with van der Waals surface area (Å²) in [6.07, 6.45) is 0. The van der Waals surface area contributed by atoms with Crippen LogP contribution in [0.1, 0.15) is 18.1 Å². The van der Waals surface area contributed by atoms with Crippen molar-refractivity contribution >= 4 is 7.32 Å². The Kier molecular flexibility index (Phi) is 5.98. The molecule has 0 N–H and O–H groups in total. The van der Waals surface area contributed by atoms with Crippen LogP contribution in [0.25, 0.3) is 0 Å². The lowest BCUT2D eigenvalue weighted by Crippen LogP contribution is -2.50. The summed E-state index contributed by atoms with van der Waals surface area (Å²) in [7, 11) is -2.31. The summed E-state index contributed by atoms with van der Waals surface area (Å²) >= 11 is 0. The van der Waals surface area contributed by atoms with Crippen LogP contribution in [-0.2, 0) is 4.74 Å². The Morgan fingerprint density at radius 1 is 1.11 bits per heavy atom. The fourth-order valence-corrected chi connectivity index (χ4v) is 1.66. The lowest BCUT2D eigenvalue weighted by Gasteiger charge is -2.27. The van der Waals surface area contributed by atoms with E-state index in [1.165, 1.54) is 0 Å². The monoisotopic (exact) mass is 252 g/mol. The predicted molar refractivity (Wildman–Crippen MR) is 64.3 cm³/mol. The Morgan fingerprint density at radius 2 is 1.72 bits per heavy atom. The highest BCUT2D eigenvalue weighted by Gasteiger charge is 2.06. The summed E-state index contributed by atoms with van der Waals surface area (Å²) in [5, 5.41) is 20.8. The fraction of sp³-hybridized carbons (Fsp3) is 0.500. The summed E-state index contributed by atoms with van der Waals surface area (Å²) in [6.45, 7) is 7.23. The van der Waals surface area contributed by atoms with Gasteiger partial charge in [0.15, 0.2) is 0 Å². The Labute approximate surface area is 107 Å². The minimum Gasteiger partial charge on any atom is -0.860 e. The van der Waals surface area contributed by atoms with E-state index in [4.69, 9.17) is 9.47 Å². The van der Waals surface area contributed by atoms with Crippen molar-refractivity contribution in [2.45, 2.75) is 20.8 Å². The highest BCUT2D eigenvalue weighted by Crippen LogP contribution is 2.28. The van der Waals surface area contributed by atoms with E-state index in [2.05, 4.69) is 4.65 Å². The predicted octanol–water partition coefficient (Wildman–Crippen LogP) is -0.197. The average Bonchev–Trinajstić information content (AvgIpc) is 2.26. The third-order valence-electron chi connectivity index (χ3n) is 2.34. The second kappa shape index (κ2) is 7.26. The standard InChI is InChI=1S/C12H17BO5/c1-4-16-5-6-17-12-9(2)7-11(8-10(12)3)18-13(14)15/h7-8H,4-6H2,1-3H3/q-2. The zero-order valence-corrected chi connectivity index (χ0v) is 10.9. The maximum absolute atomic E-state index is 10.4. The minimum absolute atomic E-state index is 0.275. The highest BCUT2D eigenvalue weighted by atomic mass is 16.6. The van der Waals surface area contributed by atoms with E-state index in [1.807, 2.05) is 20.8 Å². The molecular formula is C12H17BO5-2. The number of hydrogen-bond acceptors (Lipinski definition) is 5.